The van der Waals surface area contributed by atoms with Crippen molar-refractivity contribution in [2.45, 2.75) is 44.3 Å². The lowest BCUT2D eigenvalue weighted by molar-refractivity contribution is -0.122. The molecule has 1 aromatic carbocycles. The maximum Gasteiger partial charge on any atom is 0.220 e. The lowest BCUT2D eigenvalue weighted by Gasteiger charge is -2.32. The Morgan fingerprint density at radius 3 is 2.80 bits per heavy atom. The first-order valence-corrected chi connectivity index (χ1v) is 7.53. The summed E-state index contributed by atoms with van der Waals surface area (Å²) in [5.41, 5.74) is 8.51. The van der Waals surface area contributed by atoms with Gasteiger partial charge in [-0.15, -0.1) is 0 Å². The second kappa shape index (κ2) is 5.94. The first kappa shape index (κ1) is 13.6. The number of nitrogens with one attached hydrogen (secondary N) is 2. The third kappa shape index (κ3) is 3.19. The molecule has 4 heteroatoms. The zero-order valence-corrected chi connectivity index (χ0v) is 11.8. The normalized spacial score (nSPS) is 28.4. The maximum atomic E-state index is 11.9. The molecule has 1 aromatic rings. The summed E-state index contributed by atoms with van der Waals surface area (Å²) < 4.78 is 0. The molecule has 1 atom stereocenters. The van der Waals surface area contributed by atoms with Crippen molar-refractivity contribution in [2.75, 3.05) is 6.54 Å². The van der Waals surface area contributed by atoms with Crippen LogP contribution < -0.4 is 16.4 Å². The Morgan fingerprint density at radius 2 is 2.05 bits per heavy atom. The largest absolute Gasteiger partial charge is 0.355 e. The quantitative estimate of drug-likeness (QED) is 0.765. The molecule has 1 heterocycles. The number of carbonyl (C=O) groups excluding carboxylic acids is 1. The van der Waals surface area contributed by atoms with Gasteiger partial charge in [-0.2, -0.15) is 0 Å². The molecular weight excluding hydrogens is 250 g/mol. The van der Waals surface area contributed by atoms with E-state index in [9.17, 15) is 4.79 Å². The Kier molecular flexibility index (Phi) is 4.03. The van der Waals surface area contributed by atoms with Gasteiger partial charge >= 0.3 is 0 Å². The Balaban J connectivity index is 1.42. The zero-order valence-electron chi connectivity index (χ0n) is 11.8. The van der Waals surface area contributed by atoms with Crippen LogP contribution in [0, 0.1) is 5.92 Å². The topological polar surface area (TPSA) is 67.2 Å². The predicted molar refractivity (Wildman–Crippen MR) is 79.1 cm³/mol. The first-order valence-electron chi connectivity index (χ1n) is 7.53. The van der Waals surface area contributed by atoms with E-state index in [4.69, 9.17) is 5.73 Å². The van der Waals surface area contributed by atoms with Crippen molar-refractivity contribution in [2.24, 2.45) is 11.7 Å². The molecule has 0 radical (unpaired) electrons. The number of hydrogen-bond donors (Lipinski definition) is 3. The number of rotatable bonds is 4. The van der Waals surface area contributed by atoms with Crippen molar-refractivity contribution < 1.29 is 4.79 Å². The molecule has 1 aliphatic heterocycles. The van der Waals surface area contributed by atoms with Gasteiger partial charge in [-0.3, -0.25) is 4.79 Å². The van der Waals surface area contributed by atoms with E-state index >= 15 is 0 Å². The predicted octanol–water partition coefficient (Wildman–Crippen LogP) is 0.944. The van der Waals surface area contributed by atoms with E-state index in [1.165, 1.54) is 11.1 Å². The van der Waals surface area contributed by atoms with Gasteiger partial charge in [-0.05, 0) is 36.3 Å². The number of nitrogens with two attached hydrogens (primary N) is 1. The number of fused-ring (bicyclic) bond motifs is 1. The Bertz CT molecular complexity index is 482. The highest BCUT2D eigenvalue weighted by molar-refractivity contribution is 5.76. The molecule has 1 fully saturated rings. The van der Waals surface area contributed by atoms with Gasteiger partial charge in [0.05, 0.1) is 0 Å². The van der Waals surface area contributed by atoms with Gasteiger partial charge in [0.15, 0.2) is 0 Å². The van der Waals surface area contributed by atoms with Gasteiger partial charge in [0.2, 0.25) is 5.91 Å². The molecule has 1 unspecified atom stereocenters. The molecule has 0 saturated heterocycles. The van der Waals surface area contributed by atoms with Crippen LogP contribution in [0.25, 0.3) is 0 Å². The smallest absolute Gasteiger partial charge is 0.220 e. The lowest BCUT2D eigenvalue weighted by atomic mass is 9.78. The minimum absolute atomic E-state index is 0.169. The molecule has 1 amide bonds. The molecule has 20 heavy (non-hydrogen) atoms. The Morgan fingerprint density at radius 1 is 1.30 bits per heavy atom. The van der Waals surface area contributed by atoms with Crippen molar-refractivity contribution in [3.05, 3.63) is 35.4 Å². The maximum absolute atomic E-state index is 11.9. The van der Waals surface area contributed by atoms with E-state index < -0.39 is 0 Å². The highest BCUT2D eigenvalue weighted by atomic mass is 16.1. The van der Waals surface area contributed by atoms with Crippen molar-refractivity contribution >= 4 is 5.91 Å². The van der Waals surface area contributed by atoms with Crippen LogP contribution in [0.2, 0.25) is 0 Å². The molecule has 4 nitrogen and oxygen atoms in total. The van der Waals surface area contributed by atoms with Crippen molar-refractivity contribution in [1.29, 1.82) is 0 Å². The van der Waals surface area contributed by atoms with E-state index in [0.717, 1.165) is 25.8 Å². The Hall–Kier alpha value is -1.39. The van der Waals surface area contributed by atoms with Crippen LogP contribution in [0.1, 0.15) is 30.4 Å². The fraction of sp³-hybridized carbons (Fsp3) is 0.562. The molecule has 108 valence electrons. The van der Waals surface area contributed by atoms with Crippen LogP contribution in [0.3, 0.4) is 0 Å². The standard InChI is InChI=1S/C16H23N3O/c17-14-5-11(6-14)7-16(20)19-10-15-8-12-3-1-2-4-13(12)9-18-15/h1-4,11,14-15,18H,5-10,17H2,(H,19,20). The van der Waals surface area contributed by atoms with E-state index in [0.29, 0.717) is 31.0 Å². The molecule has 0 bridgehead atoms. The van der Waals surface area contributed by atoms with E-state index in [-0.39, 0.29) is 5.91 Å². The van der Waals surface area contributed by atoms with Crippen LogP contribution in [0.15, 0.2) is 24.3 Å². The summed E-state index contributed by atoms with van der Waals surface area (Å²) in [6, 6.07) is 9.17. The van der Waals surface area contributed by atoms with Crippen molar-refractivity contribution in [3.63, 3.8) is 0 Å². The molecule has 0 aromatic heterocycles. The van der Waals surface area contributed by atoms with Crippen LogP contribution in [-0.2, 0) is 17.8 Å². The van der Waals surface area contributed by atoms with E-state index in [1.54, 1.807) is 0 Å². The molecule has 3 rings (SSSR count). The van der Waals surface area contributed by atoms with Gasteiger partial charge in [0.25, 0.3) is 0 Å². The number of benzene rings is 1. The van der Waals surface area contributed by atoms with Crippen LogP contribution in [0.5, 0.6) is 0 Å². The van der Waals surface area contributed by atoms with E-state index in [1.807, 2.05) is 0 Å². The molecule has 0 spiro atoms. The molecule has 4 N–H and O–H groups in total. The zero-order chi connectivity index (χ0) is 13.9. The number of hydrogen-bond acceptors (Lipinski definition) is 3. The molecule has 2 aliphatic rings. The van der Waals surface area contributed by atoms with Crippen LogP contribution >= 0.6 is 0 Å². The van der Waals surface area contributed by atoms with Gasteiger partial charge in [-0.1, -0.05) is 24.3 Å². The average molecular weight is 273 g/mol. The summed E-state index contributed by atoms with van der Waals surface area (Å²) in [7, 11) is 0. The summed E-state index contributed by atoms with van der Waals surface area (Å²) in [6.07, 6.45) is 3.63. The molecular formula is C16H23N3O. The monoisotopic (exact) mass is 273 g/mol. The second-order valence-electron chi connectivity index (χ2n) is 6.16. The third-order valence-electron chi connectivity index (χ3n) is 4.46. The third-order valence-corrected chi connectivity index (χ3v) is 4.46. The minimum atomic E-state index is 0.169. The number of amides is 1. The number of carbonyl (C=O) groups is 1. The second-order valence-corrected chi connectivity index (χ2v) is 6.16. The van der Waals surface area contributed by atoms with E-state index in [2.05, 4.69) is 34.9 Å². The summed E-state index contributed by atoms with van der Waals surface area (Å²) in [5, 5.41) is 6.54. The average Bonchev–Trinajstić information content (AvgIpc) is 2.43. The first-order chi connectivity index (χ1) is 9.70. The highest BCUT2D eigenvalue weighted by Crippen LogP contribution is 2.28. The lowest BCUT2D eigenvalue weighted by Crippen LogP contribution is -2.45. The molecule has 1 aliphatic carbocycles. The van der Waals surface area contributed by atoms with Crippen molar-refractivity contribution in [3.8, 4) is 0 Å². The highest BCUT2D eigenvalue weighted by Gasteiger charge is 2.28. The summed E-state index contributed by atoms with van der Waals surface area (Å²) in [6.45, 7) is 1.61. The summed E-state index contributed by atoms with van der Waals surface area (Å²) in [4.78, 5) is 11.9. The summed E-state index contributed by atoms with van der Waals surface area (Å²) in [5.74, 6) is 0.674. The fourth-order valence-electron chi connectivity index (χ4n) is 3.19. The van der Waals surface area contributed by atoms with Crippen molar-refractivity contribution in [1.82, 2.24) is 10.6 Å². The SMILES string of the molecule is NC1CC(CC(=O)NCC2Cc3ccccc3CN2)C1. The van der Waals surface area contributed by atoms with Crippen LogP contribution in [0.4, 0.5) is 0 Å². The molecule has 1 saturated carbocycles. The minimum Gasteiger partial charge on any atom is -0.355 e. The van der Waals surface area contributed by atoms with Crippen LogP contribution in [-0.4, -0.2) is 24.5 Å². The summed E-state index contributed by atoms with van der Waals surface area (Å²) >= 11 is 0. The Labute approximate surface area is 120 Å². The fourth-order valence-corrected chi connectivity index (χ4v) is 3.19. The van der Waals surface area contributed by atoms with Gasteiger partial charge in [0, 0.05) is 31.6 Å². The van der Waals surface area contributed by atoms with Gasteiger partial charge in [-0.25, -0.2) is 0 Å². The van der Waals surface area contributed by atoms with Gasteiger partial charge < -0.3 is 16.4 Å². The van der Waals surface area contributed by atoms with Gasteiger partial charge in [0.1, 0.15) is 0 Å².